The van der Waals surface area contributed by atoms with Crippen molar-refractivity contribution >= 4 is 9.84 Å². The summed E-state index contributed by atoms with van der Waals surface area (Å²) in [6.45, 7) is 2.90. The minimum Gasteiger partial charge on any atom is -0.389 e. The molecule has 1 aromatic heterocycles. The predicted molar refractivity (Wildman–Crippen MR) is 52.6 cm³/mol. The van der Waals surface area contributed by atoms with Crippen LogP contribution < -0.4 is 0 Å². The molecule has 0 unspecified atom stereocenters. The van der Waals surface area contributed by atoms with E-state index in [1.807, 2.05) is 0 Å². The minimum absolute atomic E-state index is 0.00197. The molecule has 4 nitrogen and oxygen atoms in total. The monoisotopic (exact) mass is 215 g/mol. The maximum absolute atomic E-state index is 11.6. The average molecular weight is 215 g/mol. The lowest BCUT2D eigenvalue weighted by Gasteiger charge is -2.16. The summed E-state index contributed by atoms with van der Waals surface area (Å²) in [5.74, 6) is -0.322. The highest BCUT2D eigenvalue weighted by Gasteiger charge is 2.25. The Bertz CT molecular complexity index is 392. The molecule has 0 radical (unpaired) electrons. The quantitative estimate of drug-likeness (QED) is 0.803. The van der Waals surface area contributed by atoms with Crippen molar-refractivity contribution in [3.05, 3.63) is 24.4 Å². The van der Waals surface area contributed by atoms with Crippen LogP contribution >= 0.6 is 0 Å². The first kappa shape index (κ1) is 11.1. The number of hydrogen-bond acceptors (Lipinski definition) is 4. The van der Waals surface area contributed by atoms with E-state index in [1.165, 1.54) is 26.1 Å². The Kier molecular flexibility index (Phi) is 2.92. The van der Waals surface area contributed by atoms with Crippen molar-refractivity contribution in [3.8, 4) is 0 Å². The SMILES string of the molecule is CC(C)(O)CS(=O)(=O)c1ccccn1. The second-order valence-electron chi connectivity index (χ2n) is 3.74. The summed E-state index contributed by atoms with van der Waals surface area (Å²) in [6.07, 6.45) is 1.41. The Morgan fingerprint density at radius 1 is 1.43 bits per heavy atom. The molecule has 0 atom stereocenters. The Hall–Kier alpha value is -0.940. The first-order chi connectivity index (χ1) is 6.31. The summed E-state index contributed by atoms with van der Waals surface area (Å²) < 4.78 is 23.3. The number of rotatable bonds is 3. The maximum Gasteiger partial charge on any atom is 0.198 e. The van der Waals surface area contributed by atoms with Gasteiger partial charge in [0.2, 0.25) is 0 Å². The van der Waals surface area contributed by atoms with Gasteiger partial charge in [0.1, 0.15) is 0 Å². The van der Waals surface area contributed by atoms with Crippen LogP contribution in [0.5, 0.6) is 0 Å². The van der Waals surface area contributed by atoms with Gasteiger partial charge in [-0.15, -0.1) is 0 Å². The van der Waals surface area contributed by atoms with Gasteiger partial charge in [0, 0.05) is 6.20 Å². The third-order valence-electron chi connectivity index (χ3n) is 1.50. The van der Waals surface area contributed by atoms with Crippen molar-refractivity contribution in [2.75, 3.05) is 5.75 Å². The fraction of sp³-hybridized carbons (Fsp3) is 0.444. The molecule has 0 saturated heterocycles. The van der Waals surface area contributed by atoms with Gasteiger partial charge in [0.15, 0.2) is 14.9 Å². The Morgan fingerprint density at radius 3 is 2.50 bits per heavy atom. The first-order valence-electron chi connectivity index (χ1n) is 4.17. The molecule has 0 saturated carbocycles. The van der Waals surface area contributed by atoms with Gasteiger partial charge in [0.25, 0.3) is 0 Å². The Morgan fingerprint density at radius 2 is 2.07 bits per heavy atom. The van der Waals surface area contributed by atoms with Gasteiger partial charge >= 0.3 is 0 Å². The van der Waals surface area contributed by atoms with Crippen LogP contribution in [-0.2, 0) is 9.84 Å². The number of pyridine rings is 1. The number of aliphatic hydroxyl groups is 1. The van der Waals surface area contributed by atoms with Crippen LogP contribution in [0.4, 0.5) is 0 Å². The van der Waals surface area contributed by atoms with Crippen LogP contribution in [0, 0.1) is 0 Å². The van der Waals surface area contributed by atoms with Gasteiger partial charge in [-0.05, 0) is 26.0 Å². The highest BCUT2D eigenvalue weighted by molar-refractivity contribution is 7.91. The Labute approximate surface area is 83.5 Å². The molecule has 0 amide bonds. The zero-order chi connectivity index (χ0) is 10.8. The fourth-order valence-corrected chi connectivity index (χ4v) is 2.66. The number of nitrogens with zero attached hydrogens (tertiary/aromatic N) is 1. The molecule has 1 heterocycles. The van der Waals surface area contributed by atoms with E-state index in [0.717, 1.165) is 0 Å². The summed E-state index contributed by atoms with van der Waals surface area (Å²) >= 11 is 0. The second-order valence-corrected chi connectivity index (χ2v) is 5.68. The maximum atomic E-state index is 11.6. The van der Waals surface area contributed by atoms with Crippen LogP contribution in [0.1, 0.15) is 13.8 Å². The van der Waals surface area contributed by atoms with Gasteiger partial charge in [-0.3, -0.25) is 0 Å². The molecular weight excluding hydrogens is 202 g/mol. The minimum atomic E-state index is -3.48. The summed E-state index contributed by atoms with van der Waals surface area (Å²) in [5, 5.41) is 9.41. The molecule has 0 aliphatic carbocycles. The summed E-state index contributed by atoms with van der Waals surface area (Å²) in [4.78, 5) is 3.74. The van der Waals surface area contributed by atoms with E-state index >= 15 is 0 Å². The highest BCUT2D eigenvalue weighted by Crippen LogP contribution is 2.13. The lowest BCUT2D eigenvalue weighted by atomic mass is 10.2. The third kappa shape index (κ3) is 3.08. The summed E-state index contributed by atoms with van der Waals surface area (Å²) in [6, 6.07) is 4.66. The van der Waals surface area contributed by atoms with Gasteiger partial charge in [-0.25, -0.2) is 13.4 Å². The standard InChI is InChI=1S/C9H13NO3S/c1-9(2,11)7-14(12,13)8-5-3-4-6-10-8/h3-6,11H,7H2,1-2H3. The topological polar surface area (TPSA) is 67.3 Å². The largest absolute Gasteiger partial charge is 0.389 e. The van der Waals surface area contributed by atoms with Crippen molar-refractivity contribution in [2.24, 2.45) is 0 Å². The molecular formula is C9H13NO3S. The number of aromatic nitrogens is 1. The molecule has 0 aromatic carbocycles. The van der Waals surface area contributed by atoms with E-state index < -0.39 is 15.4 Å². The first-order valence-corrected chi connectivity index (χ1v) is 5.83. The third-order valence-corrected chi connectivity index (χ3v) is 3.46. The zero-order valence-electron chi connectivity index (χ0n) is 8.14. The molecule has 14 heavy (non-hydrogen) atoms. The van der Waals surface area contributed by atoms with Crippen LogP contribution in [0.15, 0.2) is 29.4 Å². The average Bonchev–Trinajstić information content (AvgIpc) is 2.01. The normalized spacial score (nSPS) is 12.8. The number of hydrogen-bond donors (Lipinski definition) is 1. The lowest BCUT2D eigenvalue weighted by molar-refractivity contribution is 0.105. The van der Waals surface area contributed by atoms with Crippen molar-refractivity contribution in [3.63, 3.8) is 0 Å². The van der Waals surface area contributed by atoms with E-state index in [4.69, 9.17) is 0 Å². The lowest BCUT2D eigenvalue weighted by Crippen LogP contribution is -2.30. The van der Waals surface area contributed by atoms with Crippen LogP contribution in [0.2, 0.25) is 0 Å². The second kappa shape index (κ2) is 3.67. The van der Waals surface area contributed by atoms with Crippen molar-refractivity contribution in [1.82, 2.24) is 4.98 Å². The molecule has 0 aliphatic heterocycles. The Balaban J connectivity index is 2.99. The van der Waals surface area contributed by atoms with Crippen molar-refractivity contribution in [1.29, 1.82) is 0 Å². The smallest absolute Gasteiger partial charge is 0.198 e. The fourth-order valence-electron chi connectivity index (χ4n) is 1.07. The van der Waals surface area contributed by atoms with Crippen LogP contribution in [0.25, 0.3) is 0 Å². The van der Waals surface area contributed by atoms with Crippen LogP contribution in [-0.4, -0.2) is 29.9 Å². The van der Waals surface area contributed by atoms with Gasteiger partial charge < -0.3 is 5.11 Å². The molecule has 5 heteroatoms. The van der Waals surface area contributed by atoms with Crippen molar-refractivity contribution in [2.45, 2.75) is 24.5 Å². The molecule has 0 aliphatic rings. The van der Waals surface area contributed by atoms with Crippen LogP contribution in [0.3, 0.4) is 0 Å². The predicted octanol–water partition coefficient (Wildman–Crippen LogP) is 0.626. The molecule has 1 N–H and O–H groups in total. The molecule has 1 rings (SSSR count). The van der Waals surface area contributed by atoms with Gasteiger partial charge in [-0.1, -0.05) is 6.07 Å². The molecule has 0 spiro atoms. The molecule has 1 aromatic rings. The van der Waals surface area contributed by atoms with Crippen molar-refractivity contribution < 1.29 is 13.5 Å². The van der Waals surface area contributed by atoms with E-state index in [0.29, 0.717) is 0 Å². The zero-order valence-corrected chi connectivity index (χ0v) is 8.95. The summed E-state index contributed by atoms with van der Waals surface area (Å²) in [5.41, 5.74) is -1.24. The van der Waals surface area contributed by atoms with E-state index in [-0.39, 0.29) is 10.8 Å². The van der Waals surface area contributed by atoms with Gasteiger partial charge in [-0.2, -0.15) is 0 Å². The van der Waals surface area contributed by atoms with E-state index in [9.17, 15) is 13.5 Å². The van der Waals surface area contributed by atoms with Gasteiger partial charge in [0.05, 0.1) is 11.4 Å². The number of sulfone groups is 1. The molecule has 78 valence electrons. The van der Waals surface area contributed by atoms with E-state index in [1.54, 1.807) is 12.1 Å². The van der Waals surface area contributed by atoms with E-state index in [2.05, 4.69) is 4.98 Å². The molecule has 0 bridgehead atoms. The molecule has 0 fully saturated rings. The summed E-state index contributed by atoms with van der Waals surface area (Å²) in [7, 11) is -3.48. The highest BCUT2D eigenvalue weighted by atomic mass is 32.2.